The van der Waals surface area contributed by atoms with E-state index in [0.29, 0.717) is 57.4 Å². The molecule has 7 aromatic rings. The van der Waals surface area contributed by atoms with Gasteiger partial charge in [-0.15, -0.1) is 0 Å². The molecule has 8 rings (SSSR count). The van der Waals surface area contributed by atoms with Crippen LogP contribution in [0.1, 0.15) is 11.1 Å². The zero-order valence-electron chi connectivity index (χ0n) is 24.1. The Kier molecular flexibility index (Phi) is 6.41. The molecule has 0 fully saturated rings. The van der Waals surface area contributed by atoms with Gasteiger partial charge < -0.3 is 23.4 Å². The van der Waals surface area contributed by atoms with Crippen molar-refractivity contribution in [3.05, 3.63) is 125 Å². The maximum atomic E-state index is 13.9. The Bertz CT molecular complexity index is 2340. The zero-order valence-corrected chi connectivity index (χ0v) is 24.1. The summed E-state index contributed by atoms with van der Waals surface area (Å²) in [5.74, 6) is 3.30. The van der Waals surface area contributed by atoms with E-state index in [0.717, 1.165) is 21.7 Å². The van der Waals surface area contributed by atoms with Crippen molar-refractivity contribution < 1.29 is 23.4 Å². The first-order valence-corrected chi connectivity index (χ1v) is 14.3. The fourth-order valence-electron chi connectivity index (χ4n) is 5.55. The van der Waals surface area contributed by atoms with E-state index in [1.54, 1.807) is 31.5 Å². The van der Waals surface area contributed by atoms with Gasteiger partial charge in [0.05, 0.1) is 29.6 Å². The number of fused-ring (bicyclic) bond motifs is 4. The fourth-order valence-corrected chi connectivity index (χ4v) is 5.55. The van der Waals surface area contributed by atoms with Crippen LogP contribution in [0.2, 0.25) is 0 Å². The van der Waals surface area contributed by atoms with E-state index in [1.165, 1.54) is 4.68 Å². The lowest BCUT2D eigenvalue weighted by atomic mass is 10.0. The summed E-state index contributed by atoms with van der Waals surface area (Å²) in [5.41, 5.74) is 2.45. The first kappa shape index (κ1) is 26.5. The van der Waals surface area contributed by atoms with E-state index in [2.05, 4.69) is 0 Å². The summed E-state index contributed by atoms with van der Waals surface area (Å²) in [5, 5.41) is 7.86. The van der Waals surface area contributed by atoms with Gasteiger partial charge in [-0.3, -0.25) is 4.79 Å². The second-order valence-electron chi connectivity index (χ2n) is 10.5. The number of aromatic nitrogens is 2. The molecule has 0 saturated heterocycles. The van der Waals surface area contributed by atoms with E-state index < -0.39 is 0 Å². The molecule has 0 atom stereocenters. The summed E-state index contributed by atoms with van der Waals surface area (Å²) in [7, 11) is 1.60. The Labute approximate surface area is 256 Å². The molecule has 9 heteroatoms. The van der Waals surface area contributed by atoms with Crippen molar-refractivity contribution in [3.8, 4) is 34.6 Å². The number of rotatable bonds is 7. The average Bonchev–Trinajstić information content (AvgIpc) is 3.74. The molecule has 9 nitrogen and oxygen atoms in total. The second-order valence-corrected chi connectivity index (χ2v) is 10.5. The molecular weight excluding hydrogens is 570 g/mol. The summed E-state index contributed by atoms with van der Waals surface area (Å²) in [4.78, 5) is 18.7. The topological polar surface area (TPSA) is 97.3 Å². The number of benzene rings is 5. The molecule has 3 heterocycles. The third-order valence-corrected chi connectivity index (χ3v) is 7.78. The molecule has 0 unspecified atom stereocenters. The molecular formula is C36H25N3O6. The van der Waals surface area contributed by atoms with Gasteiger partial charge in [-0.1, -0.05) is 54.6 Å². The SMILES string of the molecule is COc1cccc2oc(-c3nc4ccccc4c(=O)n3N=Cc3c(OCc4ccc5c(c4)OCO5)ccc4ccccc34)cc12. The van der Waals surface area contributed by atoms with Crippen molar-refractivity contribution in [1.82, 2.24) is 9.66 Å². The van der Waals surface area contributed by atoms with Gasteiger partial charge in [0.15, 0.2) is 17.3 Å². The monoisotopic (exact) mass is 595 g/mol. The van der Waals surface area contributed by atoms with Gasteiger partial charge in [-0.2, -0.15) is 9.78 Å². The Morgan fingerprint density at radius 2 is 1.69 bits per heavy atom. The Balaban J connectivity index is 1.25. The first-order chi connectivity index (χ1) is 22.2. The number of hydrogen-bond donors (Lipinski definition) is 0. The quantitative estimate of drug-likeness (QED) is 0.180. The highest BCUT2D eigenvalue weighted by atomic mass is 16.7. The number of nitrogens with zero attached hydrogens (tertiary/aromatic N) is 3. The number of furan rings is 1. The molecule has 5 aromatic carbocycles. The first-order valence-electron chi connectivity index (χ1n) is 14.3. The standard InChI is InChI=1S/C36H25N3O6/c1-41-29-11-6-12-31-26(29)18-34(45-31)35-38-28-10-5-4-9-25(28)36(40)39(35)37-19-27-24-8-3-2-7-23(24)14-16-30(27)42-20-22-13-15-32-33(17-22)44-21-43-32/h2-19H,20-21H2,1H3. The van der Waals surface area contributed by atoms with Crippen LogP contribution in [0.5, 0.6) is 23.0 Å². The Morgan fingerprint density at radius 1 is 0.844 bits per heavy atom. The highest BCUT2D eigenvalue weighted by Gasteiger charge is 2.19. The highest BCUT2D eigenvalue weighted by molar-refractivity contribution is 6.02. The van der Waals surface area contributed by atoms with E-state index in [4.69, 9.17) is 33.4 Å². The molecule has 0 spiro atoms. The van der Waals surface area contributed by atoms with Crippen LogP contribution in [-0.2, 0) is 6.61 Å². The van der Waals surface area contributed by atoms with Crippen molar-refractivity contribution in [3.63, 3.8) is 0 Å². The number of methoxy groups -OCH3 is 1. The van der Waals surface area contributed by atoms with Crippen LogP contribution in [0.3, 0.4) is 0 Å². The van der Waals surface area contributed by atoms with Crippen LogP contribution in [0, 0.1) is 0 Å². The minimum atomic E-state index is -0.331. The van der Waals surface area contributed by atoms with E-state index in [9.17, 15) is 4.79 Å². The molecule has 0 aliphatic carbocycles. The number of hydrogen-bond acceptors (Lipinski definition) is 8. The maximum Gasteiger partial charge on any atom is 0.282 e. The summed E-state index contributed by atoms with van der Waals surface area (Å²) in [6, 6.07) is 32.1. The third-order valence-electron chi connectivity index (χ3n) is 7.78. The molecule has 0 radical (unpaired) electrons. The van der Waals surface area contributed by atoms with Crippen molar-refractivity contribution in [2.75, 3.05) is 13.9 Å². The second kappa shape index (κ2) is 10.9. The van der Waals surface area contributed by atoms with Gasteiger partial charge in [-0.05, 0) is 64.9 Å². The lowest BCUT2D eigenvalue weighted by Crippen LogP contribution is -2.20. The van der Waals surface area contributed by atoms with Gasteiger partial charge >= 0.3 is 0 Å². The molecule has 0 bridgehead atoms. The summed E-state index contributed by atoms with van der Waals surface area (Å²) >= 11 is 0. The van der Waals surface area contributed by atoms with Crippen LogP contribution < -0.4 is 24.5 Å². The zero-order chi connectivity index (χ0) is 30.3. The highest BCUT2D eigenvalue weighted by Crippen LogP contribution is 2.35. The molecule has 1 aliphatic heterocycles. The molecule has 220 valence electrons. The number of para-hydroxylation sites is 1. The summed E-state index contributed by atoms with van der Waals surface area (Å²) in [6.07, 6.45) is 1.64. The van der Waals surface area contributed by atoms with Gasteiger partial charge in [0.25, 0.3) is 5.56 Å². The van der Waals surface area contributed by atoms with Crippen LogP contribution in [0.25, 0.3) is 44.2 Å². The van der Waals surface area contributed by atoms with Crippen LogP contribution >= 0.6 is 0 Å². The van der Waals surface area contributed by atoms with Crippen LogP contribution in [-0.4, -0.2) is 29.8 Å². The van der Waals surface area contributed by atoms with Crippen molar-refractivity contribution >= 4 is 38.9 Å². The normalized spacial score (nSPS) is 12.5. The summed E-state index contributed by atoms with van der Waals surface area (Å²) < 4.78 is 30.3. The largest absolute Gasteiger partial charge is 0.496 e. The third kappa shape index (κ3) is 4.71. The van der Waals surface area contributed by atoms with E-state index >= 15 is 0 Å². The molecule has 0 saturated carbocycles. The molecule has 45 heavy (non-hydrogen) atoms. The average molecular weight is 596 g/mol. The van der Waals surface area contributed by atoms with Crippen molar-refractivity contribution in [2.45, 2.75) is 6.61 Å². The smallest absolute Gasteiger partial charge is 0.282 e. The Morgan fingerprint density at radius 3 is 2.60 bits per heavy atom. The van der Waals surface area contributed by atoms with Crippen LogP contribution in [0.15, 0.2) is 117 Å². The Hall–Kier alpha value is -6.09. The van der Waals surface area contributed by atoms with E-state index in [-0.39, 0.29) is 18.2 Å². The van der Waals surface area contributed by atoms with Crippen molar-refractivity contribution in [2.24, 2.45) is 5.10 Å². The molecule has 2 aromatic heterocycles. The van der Waals surface area contributed by atoms with E-state index in [1.807, 2.05) is 84.9 Å². The maximum absolute atomic E-state index is 13.9. The van der Waals surface area contributed by atoms with Gasteiger partial charge in [-0.25, -0.2) is 4.98 Å². The van der Waals surface area contributed by atoms with Gasteiger partial charge in [0.2, 0.25) is 12.6 Å². The minimum Gasteiger partial charge on any atom is -0.496 e. The number of ether oxygens (including phenoxy) is 4. The van der Waals surface area contributed by atoms with Gasteiger partial charge in [0.1, 0.15) is 23.7 Å². The summed E-state index contributed by atoms with van der Waals surface area (Å²) in [6.45, 7) is 0.497. The molecule has 0 amide bonds. The lowest BCUT2D eigenvalue weighted by molar-refractivity contribution is 0.174. The molecule has 1 aliphatic rings. The lowest BCUT2D eigenvalue weighted by Gasteiger charge is -2.13. The minimum absolute atomic E-state index is 0.206. The van der Waals surface area contributed by atoms with Gasteiger partial charge in [0, 0.05) is 5.56 Å². The predicted octanol–water partition coefficient (Wildman–Crippen LogP) is 7.16. The van der Waals surface area contributed by atoms with Crippen molar-refractivity contribution in [1.29, 1.82) is 0 Å². The molecule has 0 N–H and O–H groups in total. The fraction of sp³-hybridized carbons (Fsp3) is 0.0833. The predicted molar refractivity (Wildman–Crippen MR) is 172 cm³/mol. The van der Waals surface area contributed by atoms with Crippen LogP contribution in [0.4, 0.5) is 0 Å².